The van der Waals surface area contributed by atoms with Crippen LogP contribution in [0.4, 0.5) is 11.4 Å². The number of nitriles is 1. The molecule has 5 nitrogen and oxygen atoms in total. The van der Waals surface area contributed by atoms with Gasteiger partial charge in [0.05, 0.1) is 16.3 Å². The van der Waals surface area contributed by atoms with E-state index >= 15 is 0 Å². The number of nitrogen functional groups attached to an aromatic ring is 1. The number of nitrogens with two attached hydrogens (primary N) is 1. The predicted molar refractivity (Wildman–Crippen MR) is 85.5 cm³/mol. The average Bonchev–Trinajstić information content (AvgIpc) is 2.41. The van der Waals surface area contributed by atoms with Gasteiger partial charge in [0.15, 0.2) is 0 Å². The van der Waals surface area contributed by atoms with Crippen LogP contribution in [0.25, 0.3) is 0 Å². The Bertz CT molecular complexity index is 847. The zero-order chi connectivity index (χ0) is 15.6. The van der Waals surface area contributed by atoms with E-state index in [1.54, 1.807) is 12.1 Å². The summed E-state index contributed by atoms with van der Waals surface area (Å²) in [6.07, 6.45) is 0. The van der Waals surface area contributed by atoms with Crippen LogP contribution >= 0.6 is 27.5 Å². The molecule has 0 amide bonds. The van der Waals surface area contributed by atoms with E-state index in [0.717, 1.165) is 4.47 Å². The molecule has 0 aliphatic carbocycles. The smallest absolute Gasteiger partial charge is 0.263 e. The SMILES string of the molecule is N#Cc1cc(N)ccc1S(=O)(=O)Nc1ccc(Br)cc1Cl. The third kappa shape index (κ3) is 3.47. The molecule has 0 unspecified atom stereocenters. The van der Waals surface area contributed by atoms with Crippen molar-refractivity contribution in [3.8, 4) is 6.07 Å². The fourth-order valence-corrected chi connectivity index (χ4v) is 3.64. The molecule has 0 atom stereocenters. The second kappa shape index (κ2) is 5.93. The Kier molecular flexibility index (Phi) is 4.42. The normalized spacial score (nSPS) is 10.9. The molecule has 2 aromatic carbocycles. The van der Waals surface area contributed by atoms with E-state index in [4.69, 9.17) is 22.6 Å². The van der Waals surface area contributed by atoms with Crippen LogP contribution in [-0.4, -0.2) is 8.42 Å². The highest BCUT2D eigenvalue weighted by Gasteiger charge is 2.20. The van der Waals surface area contributed by atoms with Gasteiger partial charge in [0.1, 0.15) is 11.0 Å². The molecule has 0 saturated carbocycles. The van der Waals surface area contributed by atoms with Crippen LogP contribution in [0.1, 0.15) is 5.56 Å². The molecule has 2 rings (SSSR count). The molecule has 0 spiro atoms. The lowest BCUT2D eigenvalue weighted by Crippen LogP contribution is -2.15. The second-order valence-electron chi connectivity index (χ2n) is 4.10. The Morgan fingerprint density at radius 1 is 1.24 bits per heavy atom. The number of benzene rings is 2. The van der Waals surface area contributed by atoms with Gasteiger partial charge in [0, 0.05) is 10.2 Å². The Balaban J connectivity index is 2.46. The van der Waals surface area contributed by atoms with Gasteiger partial charge in [-0.3, -0.25) is 4.72 Å². The van der Waals surface area contributed by atoms with Crippen molar-refractivity contribution in [1.29, 1.82) is 5.26 Å². The summed E-state index contributed by atoms with van der Waals surface area (Å²) < 4.78 is 27.8. The quantitative estimate of drug-likeness (QED) is 0.791. The van der Waals surface area contributed by atoms with Crippen LogP contribution in [0, 0.1) is 11.3 Å². The van der Waals surface area contributed by atoms with Crippen LogP contribution in [0.2, 0.25) is 5.02 Å². The molecule has 0 radical (unpaired) electrons. The summed E-state index contributed by atoms with van der Waals surface area (Å²) in [4.78, 5) is -0.154. The summed E-state index contributed by atoms with van der Waals surface area (Å²) >= 11 is 9.21. The largest absolute Gasteiger partial charge is 0.399 e. The number of halogens is 2. The van der Waals surface area contributed by atoms with Crippen LogP contribution in [0.3, 0.4) is 0 Å². The number of nitrogens with zero attached hydrogens (tertiary/aromatic N) is 1. The topological polar surface area (TPSA) is 96.0 Å². The first-order chi connectivity index (χ1) is 9.83. The highest BCUT2D eigenvalue weighted by molar-refractivity contribution is 9.10. The average molecular weight is 387 g/mol. The van der Waals surface area contributed by atoms with Crippen molar-refractivity contribution in [3.05, 3.63) is 51.5 Å². The van der Waals surface area contributed by atoms with Gasteiger partial charge in [-0.2, -0.15) is 5.26 Å². The van der Waals surface area contributed by atoms with Crippen LogP contribution in [0.15, 0.2) is 45.8 Å². The first-order valence-corrected chi connectivity index (χ1v) is 8.26. The van der Waals surface area contributed by atoms with Crippen molar-refractivity contribution in [2.45, 2.75) is 4.90 Å². The van der Waals surface area contributed by atoms with Gasteiger partial charge in [-0.25, -0.2) is 8.42 Å². The molecule has 0 fully saturated rings. The van der Waals surface area contributed by atoms with Crippen molar-refractivity contribution in [2.75, 3.05) is 10.5 Å². The van der Waals surface area contributed by atoms with E-state index < -0.39 is 10.0 Å². The molecule has 8 heteroatoms. The molecule has 0 aliphatic heterocycles. The standard InChI is InChI=1S/C13H9BrClN3O2S/c14-9-1-3-12(11(15)6-9)18-21(19,20)13-4-2-10(17)5-8(13)7-16/h1-6,18H,17H2. The van der Waals surface area contributed by atoms with E-state index in [-0.39, 0.29) is 21.2 Å². The Hall–Kier alpha value is -1.75. The minimum absolute atomic E-state index is 0.0317. The van der Waals surface area contributed by atoms with E-state index in [1.165, 1.54) is 24.3 Å². The third-order valence-corrected chi connectivity index (χ3v) is 4.82. The summed E-state index contributed by atoms with van der Waals surface area (Å²) in [6.45, 7) is 0. The number of rotatable bonds is 3. The molecular formula is C13H9BrClN3O2S. The van der Waals surface area contributed by atoms with Gasteiger partial charge in [-0.05, 0) is 36.4 Å². The lowest BCUT2D eigenvalue weighted by atomic mass is 10.2. The number of hydrogen-bond donors (Lipinski definition) is 2. The van der Waals surface area contributed by atoms with Gasteiger partial charge in [0.25, 0.3) is 10.0 Å². The third-order valence-electron chi connectivity index (χ3n) is 2.59. The number of nitrogens with one attached hydrogen (secondary N) is 1. The van der Waals surface area contributed by atoms with Crippen molar-refractivity contribution in [2.24, 2.45) is 0 Å². The van der Waals surface area contributed by atoms with Crippen LogP contribution in [-0.2, 0) is 10.0 Å². The van der Waals surface area contributed by atoms with E-state index in [1.807, 2.05) is 6.07 Å². The Morgan fingerprint density at radius 3 is 2.57 bits per heavy atom. The van der Waals surface area contributed by atoms with Crippen molar-refractivity contribution in [3.63, 3.8) is 0 Å². The van der Waals surface area contributed by atoms with Gasteiger partial charge < -0.3 is 5.73 Å². The summed E-state index contributed by atoms with van der Waals surface area (Å²) in [5.41, 5.74) is 6.05. The van der Waals surface area contributed by atoms with Gasteiger partial charge in [-0.1, -0.05) is 27.5 Å². The zero-order valence-corrected chi connectivity index (χ0v) is 13.6. The molecular weight excluding hydrogens is 378 g/mol. The molecule has 2 aromatic rings. The molecule has 108 valence electrons. The van der Waals surface area contributed by atoms with E-state index in [2.05, 4.69) is 20.7 Å². The highest BCUT2D eigenvalue weighted by atomic mass is 79.9. The lowest BCUT2D eigenvalue weighted by Gasteiger charge is -2.11. The first kappa shape index (κ1) is 15.6. The summed E-state index contributed by atoms with van der Waals surface area (Å²) in [7, 11) is -3.94. The molecule has 0 saturated heterocycles. The first-order valence-electron chi connectivity index (χ1n) is 5.61. The maximum absolute atomic E-state index is 12.4. The molecule has 21 heavy (non-hydrogen) atoms. The molecule has 3 N–H and O–H groups in total. The highest BCUT2D eigenvalue weighted by Crippen LogP contribution is 2.28. The fraction of sp³-hybridized carbons (Fsp3) is 0. The summed E-state index contributed by atoms with van der Waals surface area (Å²) in [5, 5.41) is 9.27. The van der Waals surface area contributed by atoms with Gasteiger partial charge in [-0.15, -0.1) is 0 Å². The maximum atomic E-state index is 12.4. The maximum Gasteiger partial charge on any atom is 0.263 e. The van der Waals surface area contributed by atoms with Crippen molar-refractivity contribution < 1.29 is 8.42 Å². The predicted octanol–water partition coefficient (Wildman–Crippen LogP) is 3.36. The molecule has 0 heterocycles. The lowest BCUT2D eigenvalue weighted by molar-refractivity contribution is 0.601. The second-order valence-corrected chi connectivity index (χ2v) is 7.07. The fourth-order valence-electron chi connectivity index (χ4n) is 1.64. The number of hydrogen-bond acceptors (Lipinski definition) is 4. The van der Waals surface area contributed by atoms with Crippen LogP contribution < -0.4 is 10.5 Å². The van der Waals surface area contributed by atoms with Crippen LogP contribution in [0.5, 0.6) is 0 Å². The molecule has 0 bridgehead atoms. The Labute approximate surface area is 135 Å². The zero-order valence-electron chi connectivity index (χ0n) is 10.5. The molecule has 0 aromatic heterocycles. The van der Waals surface area contributed by atoms with Gasteiger partial charge >= 0.3 is 0 Å². The van der Waals surface area contributed by atoms with E-state index in [0.29, 0.717) is 5.69 Å². The van der Waals surface area contributed by atoms with E-state index in [9.17, 15) is 8.42 Å². The van der Waals surface area contributed by atoms with Crippen molar-refractivity contribution in [1.82, 2.24) is 0 Å². The minimum Gasteiger partial charge on any atom is -0.399 e. The van der Waals surface area contributed by atoms with Gasteiger partial charge in [0.2, 0.25) is 0 Å². The van der Waals surface area contributed by atoms with Crippen molar-refractivity contribution >= 4 is 48.9 Å². The summed E-state index contributed by atoms with van der Waals surface area (Å²) in [6, 6.07) is 10.5. The minimum atomic E-state index is -3.94. The summed E-state index contributed by atoms with van der Waals surface area (Å²) in [5.74, 6) is 0. The molecule has 0 aliphatic rings. The number of anilines is 2. The monoisotopic (exact) mass is 385 g/mol. The number of sulfonamides is 1. The Morgan fingerprint density at radius 2 is 1.95 bits per heavy atom.